The molecule has 1 N–H and O–H groups in total. The van der Waals surface area contributed by atoms with Gasteiger partial charge < -0.3 is 14.5 Å². The van der Waals surface area contributed by atoms with Crippen molar-refractivity contribution in [1.82, 2.24) is 9.97 Å². The van der Waals surface area contributed by atoms with Crippen LogP contribution >= 0.6 is 15.9 Å². The van der Waals surface area contributed by atoms with E-state index in [-0.39, 0.29) is 5.97 Å². The fraction of sp³-hybridized carbons (Fsp3) is 0.364. The number of nitrogens with one attached hydrogen (secondary N) is 1. The summed E-state index contributed by atoms with van der Waals surface area (Å²) in [6, 6.07) is 10.1. The maximum absolute atomic E-state index is 12.5. The molecule has 1 aromatic carbocycles. The van der Waals surface area contributed by atoms with E-state index in [9.17, 15) is 4.79 Å². The molecule has 28 heavy (non-hydrogen) atoms. The van der Waals surface area contributed by atoms with Gasteiger partial charge in [-0.15, -0.1) is 0 Å². The summed E-state index contributed by atoms with van der Waals surface area (Å²) in [6.07, 6.45) is 2.30. The molecule has 5 nitrogen and oxygen atoms in total. The van der Waals surface area contributed by atoms with E-state index in [1.54, 1.807) is 13.3 Å². The number of hydrogen-bond acceptors (Lipinski definition) is 4. The average Bonchev–Trinajstić information content (AvgIpc) is 3.00. The summed E-state index contributed by atoms with van der Waals surface area (Å²) in [5.41, 5.74) is 4.22. The summed E-state index contributed by atoms with van der Waals surface area (Å²) in [5.74, 6) is -0.200. The number of benzene rings is 1. The van der Waals surface area contributed by atoms with Gasteiger partial charge in [0.2, 0.25) is 0 Å². The number of ether oxygens (including phenoxy) is 2. The van der Waals surface area contributed by atoms with Gasteiger partial charge in [0.25, 0.3) is 0 Å². The number of nitrogens with zero attached hydrogens (tertiary/aromatic N) is 1. The van der Waals surface area contributed by atoms with Crippen molar-refractivity contribution in [2.75, 3.05) is 13.7 Å². The monoisotopic (exact) mass is 444 g/mol. The second-order valence-electron chi connectivity index (χ2n) is 7.38. The van der Waals surface area contributed by atoms with E-state index in [0.717, 1.165) is 37.9 Å². The van der Waals surface area contributed by atoms with Crippen molar-refractivity contribution in [2.45, 2.75) is 33.8 Å². The molecule has 0 unspecified atom stereocenters. The van der Waals surface area contributed by atoms with Crippen molar-refractivity contribution in [3.8, 4) is 11.3 Å². The first-order chi connectivity index (χ1) is 13.4. The van der Waals surface area contributed by atoms with E-state index in [1.807, 2.05) is 45.0 Å². The van der Waals surface area contributed by atoms with Gasteiger partial charge in [-0.2, -0.15) is 0 Å². The van der Waals surface area contributed by atoms with Crippen LogP contribution in [0.2, 0.25) is 0 Å². The zero-order valence-electron chi connectivity index (χ0n) is 16.6. The Hall–Kier alpha value is -2.18. The maximum Gasteiger partial charge on any atom is 0.311 e. The van der Waals surface area contributed by atoms with Crippen LogP contribution in [0.25, 0.3) is 22.2 Å². The number of halogens is 1. The number of methoxy groups -OCH3 is 1. The average molecular weight is 445 g/mol. The molecule has 0 aliphatic heterocycles. The maximum atomic E-state index is 12.5. The summed E-state index contributed by atoms with van der Waals surface area (Å²) >= 11 is 3.57. The van der Waals surface area contributed by atoms with Crippen molar-refractivity contribution in [1.29, 1.82) is 0 Å². The van der Waals surface area contributed by atoms with Gasteiger partial charge in [-0.25, -0.2) is 0 Å². The van der Waals surface area contributed by atoms with Crippen LogP contribution in [0, 0.1) is 5.41 Å². The molecule has 0 aliphatic carbocycles. The number of carbonyl (C=O) groups is 1. The number of fused-ring (bicyclic) bond motifs is 1. The van der Waals surface area contributed by atoms with Crippen LogP contribution < -0.4 is 0 Å². The Labute approximate surface area is 173 Å². The Balaban J connectivity index is 2.19. The van der Waals surface area contributed by atoms with E-state index >= 15 is 0 Å². The number of carbonyl (C=O) groups excluding carboxylic acids is 1. The SMILES string of the molecule is CCOC(=O)C(C)(C)Cc1c(-c2cccnc2COC)[nH]c2ccc(Br)cc12. The number of esters is 1. The highest BCUT2D eigenvalue weighted by Gasteiger charge is 2.32. The fourth-order valence-electron chi connectivity index (χ4n) is 3.39. The second-order valence-corrected chi connectivity index (χ2v) is 8.30. The number of rotatable bonds is 7. The molecule has 0 saturated heterocycles. The van der Waals surface area contributed by atoms with Gasteiger partial charge >= 0.3 is 5.97 Å². The Morgan fingerprint density at radius 3 is 2.79 bits per heavy atom. The van der Waals surface area contributed by atoms with Gasteiger partial charge in [0, 0.05) is 34.2 Å². The first-order valence-corrected chi connectivity index (χ1v) is 10.1. The highest BCUT2D eigenvalue weighted by atomic mass is 79.9. The number of hydrogen-bond donors (Lipinski definition) is 1. The standard InChI is InChI=1S/C22H25BrN2O3/c1-5-28-21(26)22(2,3)12-17-16-11-14(23)8-9-18(16)25-20(17)15-7-6-10-24-19(15)13-27-4/h6-11,25H,5,12-13H2,1-4H3. The Morgan fingerprint density at radius 1 is 1.29 bits per heavy atom. The lowest BCUT2D eigenvalue weighted by atomic mass is 9.84. The van der Waals surface area contributed by atoms with Crippen LogP contribution in [0.5, 0.6) is 0 Å². The predicted molar refractivity (Wildman–Crippen MR) is 114 cm³/mol. The summed E-state index contributed by atoms with van der Waals surface area (Å²) < 4.78 is 11.6. The number of aromatic nitrogens is 2. The van der Waals surface area contributed by atoms with Crippen molar-refractivity contribution in [3.05, 3.63) is 52.3 Å². The Kier molecular flexibility index (Phi) is 6.20. The third kappa shape index (κ3) is 4.13. The van der Waals surface area contributed by atoms with E-state index in [2.05, 4.69) is 32.0 Å². The molecular formula is C22H25BrN2O3. The molecule has 0 bridgehead atoms. The van der Waals surface area contributed by atoms with E-state index in [4.69, 9.17) is 9.47 Å². The smallest absolute Gasteiger partial charge is 0.311 e. The van der Waals surface area contributed by atoms with Crippen LogP contribution in [-0.2, 0) is 27.3 Å². The lowest BCUT2D eigenvalue weighted by molar-refractivity contribution is -0.153. The topological polar surface area (TPSA) is 64.2 Å². The highest BCUT2D eigenvalue weighted by Crippen LogP contribution is 2.37. The van der Waals surface area contributed by atoms with Crippen LogP contribution in [0.1, 0.15) is 32.0 Å². The minimum atomic E-state index is -0.661. The molecule has 0 fully saturated rings. The number of H-pyrrole nitrogens is 1. The third-order valence-corrected chi connectivity index (χ3v) is 5.25. The zero-order valence-corrected chi connectivity index (χ0v) is 18.2. The predicted octanol–water partition coefficient (Wildman–Crippen LogP) is 5.27. The van der Waals surface area contributed by atoms with E-state index in [1.165, 1.54) is 0 Å². The van der Waals surface area contributed by atoms with Crippen LogP contribution in [0.15, 0.2) is 41.0 Å². The quantitative estimate of drug-likeness (QED) is 0.504. The minimum absolute atomic E-state index is 0.200. The molecule has 148 valence electrons. The molecule has 3 rings (SSSR count). The molecule has 3 aromatic rings. The molecular weight excluding hydrogens is 420 g/mol. The third-order valence-electron chi connectivity index (χ3n) is 4.76. The molecule has 0 aliphatic rings. The molecule has 0 atom stereocenters. The van der Waals surface area contributed by atoms with Crippen molar-refractivity contribution >= 4 is 32.8 Å². The first kappa shape index (κ1) is 20.6. The number of pyridine rings is 1. The van der Waals surface area contributed by atoms with Gasteiger partial charge in [-0.3, -0.25) is 9.78 Å². The molecule has 6 heteroatoms. The lowest BCUT2D eigenvalue weighted by Gasteiger charge is -2.23. The Bertz CT molecular complexity index is 995. The molecule has 2 heterocycles. The highest BCUT2D eigenvalue weighted by molar-refractivity contribution is 9.10. The van der Waals surface area contributed by atoms with Crippen LogP contribution in [0.4, 0.5) is 0 Å². The minimum Gasteiger partial charge on any atom is -0.466 e. The van der Waals surface area contributed by atoms with Crippen molar-refractivity contribution in [2.24, 2.45) is 5.41 Å². The summed E-state index contributed by atoms with van der Waals surface area (Å²) in [4.78, 5) is 20.6. The largest absolute Gasteiger partial charge is 0.466 e. The van der Waals surface area contributed by atoms with E-state index in [0.29, 0.717) is 19.6 Å². The van der Waals surface area contributed by atoms with Gasteiger partial charge in [0.1, 0.15) is 0 Å². The summed E-state index contributed by atoms with van der Waals surface area (Å²) in [7, 11) is 1.66. The van der Waals surface area contributed by atoms with Crippen molar-refractivity contribution in [3.63, 3.8) is 0 Å². The molecule has 0 spiro atoms. The first-order valence-electron chi connectivity index (χ1n) is 9.28. The number of aromatic amines is 1. The van der Waals surface area contributed by atoms with Gasteiger partial charge in [-0.05, 0) is 63.1 Å². The van der Waals surface area contributed by atoms with Crippen LogP contribution in [-0.4, -0.2) is 29.7 Å². The molecule has 0 saturated carbocycles. The van der Waals surface area contributed by atoms with Gasteiger partial charge in [0.05, 0.1) is 30.0 Å². The summed E-state index contributed by atoms with van der Waals surface area (Å²) in [5, 5.41) is 1.08. The normalized spacial score (nSPS) is 11.8. The Morgan fingerprint density at radius 2 is 2.07 bits per heavy atom. The van der Waals surface area contributed by atoms with E-state index < -0.39 is 5.41 Å². The van der Waals surface area contributed by atoms with Gasteiger partial charge in [-0.1, -0.05) is 15.9 Å². The second kappa shape index (κ2) is 8.45. The fourth-order valence-corrected chi connectivity index (χ4v) is 3.75. The molecule has 0 radical (unpaired) electrons. The molecule has 0 amide bonds. The summed E-state index contributed by atoms with van der Waals surface area (Å²) in [6.45, 7) is 6.45. The zero-order chi connectivity index (χ0) is 20.3. The van der Waals surface area contributed by atoms with Crippen LogP contribution in [0.3, 0.4) is 0 Å². The van der Waals surface area contributed by atoms with Gasteiger partial charge in [0.15, 0.2) is 0 Å². The lowest BCUT2D eigenvalue weighted by Crippen LogP contribution is -2.29. The van der Waals surface area contributed by atoms with Crippen molar-refractivity contribution < 1.29 is 14.3 Å². The molecule has 2 aromatic heterocycles.